The number of aliphatic hydroxyl groups excluding tert-OH is 3. The van der Waals surface area contributed by atoms with Crippen molar-refractivity contribution in [1.29, 1.82) is 0 Å². The molecule has 1 aromatic heterocycles. The summed E-state index contributed by atoms with van der Waals surface area (Å²) in [6, 6.07) is 6.63. The van der Waals surface area contributed by atoms with Crippen molar-refractivity contribution in [2.75, 3.05) is 20.2 Å². The van der Waals surface area contributed by atoms with Crippen LogP contribution in [0.25, 0.3) is 22.3 Å². The molecule has 0 amide bonds. The molecule has 2 fully saturated rings. The Bertz CT molecular complexity index is 1600. The number of piperidine rings is 1. The van der Waals surface area contributed by atoms with E-state index in [1.165, 1.54) is 14.0 Å². The average molecular weight is 626 g/mol. The number of rotatable bonds is 8. The minimum atomic E-state index is -1.70. The fraction of sp³-hybridized carbons (Fsp3) is 0.500. The Hall–Kier alpha value is -3.61. The molecule has 2 aliphatic heterocycles. The zero-order valence-electron chi connectivity index (χ0n) is 26.3. The van der Waals surface area contributed by atoms with Crippen molar-refractivity contribution in [3.05, 3.63) is 57.3 Å². The average Bonchev–Trinajstić information content (AvgIpc) is 3.02. The van der Waals surface area contributed by atoms with Gasteiger partial charge in [0.2, 0.25) is 17.5 Å². The molecule has 2 aromatic carbocycles. The summed E-state index contributed by atoms with van der Waals surface area (Å²) in [7, 11) is 1.52. The van der Waals surface area contributed by atoms with E-state index in [0.29, 0.717) is 22.8 Å². The number of phenolic OH excluding ortho intramolecular Hbond substituents is 2. The van der Waals surface area contributed by atoms with Crippen LogP contribution in [0.15, 0.2) is 45.1 Å². The van der Waals surface area contributed by atoms with E-state index in [4.69, 9.17) is 18.6 Å². The number of nitrogens with zero attached hydrogens (tertiary/aromatic N) is 1. The van der Waals surface area contributed by atoms with Crippen LogP contribution in [0.4, 0.5) is 0 Å². The van der Waals surface area contributed by atoms with Crippen LogP contribution in [-0.2, 0) is 17.7 Å². The lowest BCUT2D eigenvalue weighted by atomic mass is 9.96. The summed E-state index contributed by atoms with van der Waals surface area (Å²) >= 11 is 0. The van der Waals surface area contributed by atoms with E-state index in [0.717, 1.165) is 31.5 Å². The first kappa shape index (κ1) is 32.8. The van der Waals surface area contributed by atoms with Crippen LogP contribution in [-0.4, -0.2) is 81.3 Å². The first-order valence-corrected chi connectivity index (χ1v) is 15.3. The highest BCUT2D eigenvalue weighted by Gasteiger charge is 2.44. The zero-order valence-corrected chi connectivity index (χ0v) is 26.3. The lowest BCUT2D eigenvalue weighted by Crippen LogP contribution is -2.58. The van der Waals surface area contributed by atoms with Gasteiger partial charge in [0.05, 0.1) is 18.8 Å². The zero-order chi connectivity index (χ0) is 32.6. The van der Waals surface area contributed by atoms with Crippen molar-refractivity contribution in [1.82, 2.24) is 4.90 Å². The number of hydrogen-bond donors (Lipinski definition) is 5. The number of fused-ring (bicyclic) bond motifs is 1. The highest BCUT2D eigenvalue weighted by Crippen LogP contribution is 2.44. The van der Waals surface area contributed by atoms with Gasteiger partial charge < -0.3 is 44.2 Å². The number of allylic oxidation sites excluding steroid dienone is 2. The fourth-order valence-electron chi connectivity index (χ4n) is 5.85. The van der Waals surface area contributed by atoms with Gasteiger partial charge in [0.1, 0.15) is 46.5 Å². The molecule has 5 rings (SSSR count). The van der Waals surface area contributed by atoms with Crippen LogP contribution in [0, 0.1) is 5.92 Å². The number of aliphatic hydroxyl groups is 3. The van der Waals surface area contributed by atoms with Gasteiger partial charge in [-0.15, -0.1) is 0 Å². The summed E-state index contributed by atoms with van der Waals surface area (Å²) in [5.41, 5.74) is 1.18. The molecule has 11 nitrogen and oxygen atoms in total. The fourth-order valence-corrected chi connectivity index (χ4v) is 5.85. The summed E-state index contributed by atoms with van der Waals surface area (Å²) < 4.78 is 23.3. The Morgan fingerprint density at radius 3 is 2.27 bits per heavy atom. The predicted molar refractivity (Wildman–Crippen MR) is 168 cm³/mol. The van der Waals surface area contributed by atoms with E-state index in [9.17, 15) is 30.3 Å². The molecule has 5 N–H and O–H groups in total. The van der Waals surface area contributed by atoms with Crippen molar-refractivity contribution in [3.63, 3.8) is 0 Å². The summed E-state index contributed by atoms with van der Waals surface area (Å²) in [6.07, 6.45) is -3.06. The maximum atomic E-state index is 14.4. The molecule has 0 bridgehead atoms. The van der Waals surface area contributed by atoms with E-state index < -0.39 is 41.9 Å². The van der Waals surface area contributed by atoms with Crippen molar-refractivity contribution in [3.8, 4) is 34.3 Å². The van der Waals surface area contributed by atoms with E-state index in [1.807, 2.05) is 19.9 Å². The van der Waals surface area contributed by atoms with Gasteiger partial charge in [0.15, 0.2) is 5.76 Å². The largest absolute Gasteiger partial charge is 0.507 e. The molecule has 3 heterocycles. The third-order valence-electron chi connectivity index (χ3n) is 8.81. The standard InChI is InChI=1S/C34H43NO10/c1-17(2)6-11-22-26(37)23(16-35-14-12-18(3)13-15-35)27(38)24-28(39)33(45-34-30(41)29(40)25(36)19(4)43-34)31(44-32(22)24)20-7-9-21(42-5)10-8-20/h6-10,18-19,25,29-30,34,36-38,40-41H,11-16H2,1-5H3/t19-,25-,29+,30+,34-/m0/s1. The molecule has 11 heteroatoms. The van der Waals surface area contributed by atoms with Gasteiger partial charge in [-0.05, 0) is 83.3 Å². The molecule has 5 atom stereocenters. The molecule has 0 radical (unpaired) electrons. The molecule has 3 aromatic rings. The summed E-state index contributed by atoms with van der Waals surface area (Å²) in [6.45, 7) is 9.32. The second-order valence-electron chi connectivity index (χ2n) is 12.4. The number of benzene rings is 2. The number of phenols is 2. The lowest BCUT2D eigenvalue weighted by Gasteiger charge is -2.38. The number of likely N-dealkylation sites (tertiary alicyclic amines) is 1. The topological polar surface area (TPSA) is 162 Å². The number of aromatic hydroxyl groups is 2. The van der Waals surface area contributed by atoms with Crippen LogP contribution >= 0.6 is 0 Å². The van der Waals surface area contributed by atoms with Crippen molar-refractivity contribution in [2.24, 2.45) is 5.92 Å². The van der Waals surface area contributed by atoms with Crippen LogP contribution in [0.2, 0.25) is 0 Å². The molecular weight excluding hydrogens is 582 g/mol. The Balaban J connectivity index is 1.74. The van der Waals surface area contributed by atoms with E-state index in [1.54, 1.807) is 24.3 Å². The van der Waals surface area contributed by atoms with Crippen molar-refractivity contribution >= 4 is 11.0 Å². The minimum Gasteiger partial charge on any atom is -0.507 e. The normalized spacial score (nSPS) is 24.5. The van der Waals surface area contributed by atoms with Crippen molar-refractivity contribution in [2.45, 2.75) is 84.2 Å². The van der Waals surface area contributed by atoms with Crippen LogP contribution in [0.5, 0.6) is 23.0 Å². The second kappa shape index (κ2) is 13.4. The number of methoxy groups -OCH3 is 1. The van der Waals surface area contributed by atoms with Gasteiger partial charge >= 0.3 is 0 Å². The van der Waals surface area contributed by atoms with E-state index >= 15 is 0 Å². The maximum absolute atomic E-state index is 14.4. The van der Waals surface area contributed by atoms with E-state index in [2.05, 4.69) is 11.8 Å². The first-order chi connectivity index (χ1) is 21.4. The van der Waals surface area contributed by atoms with Gasteiger partial charge in [0, 0.05) is 17.7 Å². The Kier molecular flexibility index (Phi) is 9.76. The maximum Gasteiger partial charge on any atom is 0.239 e. The highest BCUT2D eigenvalue weighted by atomic mass is 16.7. The predicted octanol–water partition coefficient (Wildman–Crippen LogP) is 3.83. The highest BCUT2D eigenvalue weighted by molar-refractivity contribution is 5.93. The van der Waals surface area contributed by atoms with Crippen molar-refractivity contribution < 1.29 is 44.2 Å². The lowest BCUT2D eigenvalue weighted by molar-refractivity contribution is -0.268. The molecule has 45 heavy (non-hydrogen) atoms. The molecular formula is C34H43NO10. The van der Waals surface area contributed by atoms with Gasteiger partial charge in [0.25, 0.3) is 0 Å². The Morgan fingerprint density at radius 2 is 1.64 bits per heavy atom. The minimum absolute atomic E-state index is 0.00406. The second-order valence-corrected chi connectivity index (χ2v) is 12.4. The third kappa shape index (κ3) is 6.54. The Morgan fingerprint density at radius 1 is 0.978 bits per heavy atom. The third-order valence-corrected chi connectivity index (χ3v) is 8.81. The van der Waals surface area contributed by atoms with Crippen LogP contribution < -0.4 is 14.9 Å². The molecule has 0 unspecified atom stereocenters. The van der Waals surface area contributed by atoms with Gasteiger partial charge in [-0.3, -0.25) is 9.69 Å². The molecule has 244 valence electrons. The van der Waals surface area contributed by atoms with Crippen LogP contribution in [0.1, 0.15) is 51.7 Å². The summed E-state index contributed by atoms with van der Waals surface area (Å²) in [5, 5.41) is 54.4. The van der Waals surface area contributed by atoms with Gasteiger partial charge in [-0.1, -0.05) is 18.6 Å². The molecule has 0 spiro atoms. The smallest absolute Gasteiger partial charge is 0.239 e. The molecule has 2 saturated heterocycles. The summed E-state index contributed by atoms with van der Waals surface area (Å²) in [4.78, 5) is 16.6. The van der Waals surface area contributed by atoms with Gasteiger partial charge in [-0.25, -0.2) is 0 Å². The molecule has 0 saturated carbocycles. The quantitative estimate of drug-likeness (QED) is 0.231. The number of hydrogen-bond acceptors (Lipinski definition) is 11. The summed E-state index contributed by atoms with van der Waals surface area (Å²) in [5.74, 6) is 0.142. The van der Waals surface area contributed by atoms with Gasteiger partial charge in [-0.2, -0.15) is 0 Å². The van der Waals surface area contributed by atoms with Crippen LogP contribution in [0.3, 0.4) is 0 Å². The SMILES string of the molecule is COc1ccc(-c2oc3c(CC=C(C)C)c(O)c(CN4CCC(C)CC4)c(O)c3c(=O)c2O[C@@H]2O[C@@H](C)[C@H](O)[C@@H](O)[C@H]2O)cc1. The van der Waals surface area contributed by atoms with E-state index in [-0.39, 0.29) is 46.8 Å². The molecule has 0 aliphatic carbocycles. The Labute approximate surface area is 261 Å². The monoisotopic (exact) mass is 625 g/mol. The first-order valence-electron chi connectivity index (χ1n) is 15.3. The number of ether oxygens (including phenoxy) is 3. The molecule has 2 aliphatic rings.